The number of ketones is 1. The molecule has 0 aliphatic rings. The number of rotatable bonds is 7. The summed E-state index contributed by atoms with van der Waals surface area (Å²) in [6.07, 6.45) is 0. The molecule has 22 heavy (non-hydrogen) atoms. The second-order valence-electron chi connectivity index (χ2n) is 4.35. The smallest absolute Gasteiger partial charge is 0.344 e. The van der Waals surface area contributed by atoms with Crippen molar-refractivity contribution < 1.29 is 28.3 Å². The predicted octanol–water partition coefficient (Wildman–Crippen LogP) is 1.80. The van der Waals surface area contributed by atoms with E-state index in [0.717, 1.165) is 0 Å². The van der Waals surface area contributed by atoms with Gasteiger partial charge in [-0.05, 0) is 24.2 Å². The minimum absolute atomic E-state index is 0.186. The van der Waals surface area contributed by atoms with Crippen LogP contribution in [0.1, 0.15) is 16.1 Å². The van der Waals surface area contributed by atoms with Crippen LogP contribution in [0.3, 0.4) is 0 Å². The molecule has 7 nitrogen and oxygen atoms in total. The maximum Gasteiger partial charge on any atom is 0.344 e. The lowest BCUT2D eigenvalue weighted by Gasteiger charge is -2.08. The van der Waals surface area contributed by atoms with E-state index >= 15 is 0 Å². The van der Waals surface area contributed by atoms with Crippen molar-refractivity contribution in [2.24, 2.45) is 0 Å². The minimum Gasteiger partial charge on any atom is -0.496 e. The van der Waals surface area contributed by atoms with Gasteiger partial charge in [0.1, 0.15) is 11.5 Å². The summed E-state index contributed by atoms with van der Waals surface area (Å²) in [6.45, 7) is 0.954. The highest BCUT2D eigenvalue weighted by Crippen LogP contribution is 2.17. The van der Waals surface area contributed by atoms with E-state index in [0.29, 0.717) is 17.1 Å². The zero-order valence-corrected chi connectivity index (χ0v) is 12.2. The normalized spacial score (nSPS) is 10.1. The second kappa shape index (κ2) is 7.26. The molecule has 0 saturated heterocycles. The molecule has 1 aromatic heterocycles. The van der Waals surface area contributed by atoms with Crippen molar-refractivity contribution >= 4 is 11.8 Å². The van der Waals surface area contributed by atoms with Gasteiger partial charge in [-0.25, -0.2) is 4.79 Å². The van der Waals surface area contributed by atoms with Crippen molar-refractivity contribution in [3.05, 3.63) is 41.7 Å². The lowest BCUT2D eigenvalue weighted by atomic mass is 10.1. The van der Waals surface area contributed by atoms with Gasteiger partial charge in [-0.3, -0.25) is 4.79 Å². The molecule has 0 unspecified atom stereocenters. The molecule has 7 heteroatoms. The number of para-hydroxylation sites is 1. The van der Waals surface area contributed by atoms with Gasteiger partial charge < -0.3 is 18.7 Å². The number of benzene rings is 1. The summed E-state index contributed by atoms with van der Waals surface area (Å²) in [7, 11) is 1.46. The fraction of sp³-hybridized carbons (Fsp3) is 0.267. The van der Waals surface area contributed by atoms with Crippen LogP contribution in [0.25, 0.3) is 0 Å². The molecular weight excluding hydrogens is 290 g/mol. The Kier molecular flexibility index (Phi) is 5.13. The molecule has 0 saturated carbocycles. The molecule has 0 radical (unpaired) electrons. The molecule has 0 amide bonds. The highest BCUT2D eigenvalue weighted by Gasteiger charge is 2.14. The molecule has 0 atom stereocenters. The monoisotopic (exact) mass is 305 g/mol. The third kappa shape index (κ3) is 4.08. The van der Waals surface area contributed by atoms with E-state index in [2.05, 4.69) is 5.16 Å². The van der Waals surface area contributed by atoms with Crippen molar-refractivity contribution in [2.75, 3.05) is 20.3 Å². The van der Waals surface area contributed by atoms with Crippen LogP contribution < -0.4 is 9.47 Å². The Labute approximate surface area is 126 Å². The van der Waals surface area contributed by atoms with Gasteiger partial charge in [0, 0.05) is 6.07 Å². The van der Waals surface area contributed by atoms with Crippen LogP contribution in [0.4, 0.5) is 0 Å². The lowest BCUT2D eigenvalue weighted by Crippen LogP contribution is -2.19. The molecule has 0 aliphatic carbocycles. The molecular formula is C15H15NO6. The first-order valence-corrected chi connectivity index (χ1v) is 6.48. The van der Waals surface area contributed by atoms with E-state index in [1.165, 1.54) is 13.2 Å². The fourth-order valence-electron chi connectivity index (χ4n) is 1.68. The first-order valence-electron chi connectivity index (χ1n) is 6.48. The molecule has 1 aromatic carbocycles. The fourth-order valence-corrected chi connectivity index (χ4v) is 1.68. The standard InChI is InChI=1S/C15H15NO6/c1-10-7-14(16-22-10)20-9-15(18)21-8-12(17)11-5-3-4-6-13(11)19-2/h3-7H,8-9H2,1-2H3. The molecule has 0 spiro atoms. The third-order valence-corrected chi connectivity index (χ3v) is 2.72. The number of aryl methyl sites for hydroxylation is 1. The third-order valence-electron chi connectivity index (χ3n) is 2.72. The Bertz CT molecular complexity index is 664. The molecule has 116 valence electrons. The molecule has 0 fully saturated rings. The van der Waals surface area contributed by atoms with E-state index in [-0.39, 0.29) is 24.9 Å². The maximum atomic E-state index is 12.0. The quantitative estimate of drug-likeness (QED) is 0.569. The van der Waals surface area contributed by atoms with Crippen LogP contribution in [-0.2, 0) is 9.53 Å². The number of carbonyl (C=O) groups is 2. The Morgan fingerprint density at radius 2 is 2.00 bits per heavy atom. The zero-order valence-electron chi connectivity index (χ0n) is 12.2. The molecule has 0 aliphatic heterocycles. The number of ether oxygens (including phenoxy) is 3. The molecule has 2 aromatic rings. The van der Waals surface area contributed by atoms with Crippen LogP contribution in [-0.4, -0.2) is 37.2 Å². The first kappa shape index (κ1) is 15.6. The lowest BCUT2D eigenvalue weighted by molar-refractivity contribution is -0.144. The second-order valence-corrected chi connectivity index (χ2v) is 4.35. The topological polar surface area (TPSA) is 87.9 Å². The summed E-state index contributed by atoms with van der Waals surface area (Å²) in [4.78, 5) is 23.5. The van der Waals surface area contributed by atoms with E-state index < -0.39 is 5.97 Å². The zero-order chi connectivity index (χ0) is 15.9. The van der Waals surface area contributed by atoms with Crippen molar-refractivity contribution in [1.29, 1.82) is 0 Å². The van der Waals surface area contributed by atoms with Gasteiger partial charge in [0.2, 0.25) is 5.78 Å². The van der Waals surface area contributed by atoms with E-state index in [1.54, 1.807) is 31.2 Å². The number of aromatic nitrogens is 1. The first-order chi connectivity index (χ1) is 10.6. The highest BCUT2D eigenvalue weighted by molar-refractivity contribution is 6.00. The summed E-state index contributed by atoms with van der Waals surface area (Å²) < 4.78 is 19.8. The van der Waals surface area contributed by atoms with Crippen LogP contribution in [0, 0.1) is 6.92 Å². The van der Waals surface area contributed by atoms with Crippen molar-refractivity contribution in [1.82, 2.24) is 5.16 Å². The van der Waals surface area contributed by atoms with Crippen LogP contribution >= 0.6 is 0 Å². The number of nitrogens with zero attached hydrogens (tertiary/aromatic N) is 1. The number of carbonyl (C=O) groups excluding carboxylic acids is 2. The summed E-state index contributed by atoms with van der Waals surface area (Å²) in [5.74, 6) is 0.144. The van der Waals surface area contributed by atoms with Gasteiger partial charge in [0.25, 0.3) is 5.88 Å². The highest BCUT2D eigenvalue weighted by atomic mass is 16.6. The largest absolute Gasteiger partial charge is 0.496 e. The van der Waals surface area contributed by atoms with Crippen LogP contribution in [0.5, 0.6) is 11.6 Å². The van der Waals surface area contributed by atoms with Gasteiger partial charge >= 0.3 is 5.97 Å². The molecule has 0 bridgehead atoms. The number of esters is 1. The summed E-state index contributed by atoms with van der Waals surface area (Å²) in [5.41, 5.74) is 0.353. The minimum atomic E-state index is -0.677. The molecule has 0 N–H and O–H groups in total. The van der Waals surface area contributed by atoms with Gasteiger partial charge in [0.15, 0.2) is 13.2 Å². The van der Waals surface area contributed by atoms with Crippen molar-refractivity contribution in [3.8, 4) is 11.6 Å². The summed E-state index contributed by atoms with van der Waals surface area (Å²) >= 11 is 0. The number of Topliss-reactive ketones (excluding diaryl/α,β-unsaturated/α-hetero) is 1. The Hall–Kier alpha value is -2.83. The van der Waals surface area contributed by atoms with Gasteiger partial charge in [-0.15, -0.1) is 0 Å². The Morgan fingerprint density at radius 3 is 2.68 bits per heavy atom. The van der Waals surface area contributed by atoms with Crippen LogP contribution in [0.2, 0.25) is 0 Å². The molecule has 2 rings (SSSR count). The van der Waals surface area contributed by atoms with Gasteiger partial charge in [-0.1, -0.05) is 12.1 Å². The van der Waals surface area contributed by atoms with Crippen molar-refractivity contribution in [3.63, 3.8) is 0 Å². The van der Waals surface area contributed by atoms with Gasteiger partial charge in [0.05, 0.1) is 12.7 Å². The number of methoxy groups -OCH3 is 1. The molecule has 1 heterocycles. The Balaban J connectivity index is 1.81. The average Bonchev–Trinajstić information content (AvgIpc) is 2.96. The van der Waals surface area contributed by atoms with Gasteiger partial charge in [-0.2, -0.15) is 0 Å². The summed E-state index contributed by atoms with van der Waals surface area (Å²) in [5, 5.41) is 3.56. The number of hydrogen-bond acceptors (Lipinski definition) is 7. The predicted molar refractivity (Wildman–Crippen MR) is 75.0 cm³/mol. The van der Waals surface area contributed by atoms with Crippen molar-refractivity contribution in [2.45, 2.75) is 6.92 Å². The SMILES string of the molecule is COc1ccccc1C(=O)COC(=O)COc1cc(C)on1. The van der Waals surface area contributed by atoms with Crippen LogP contribution in [0.15, 0.2) is 34.9 Å². The van der Waals surface area contributed by atoms with E-state index in [1.807, 2.05) is 0 Å². The average molecular weight is 305 g/mol. The summed E-state index contributed by atoms with van der Waals surface area (Å²) in [6, 6.07) is 8.24. The number of hydrogen-bond donors (Lipinski definition) is 0. The maximum absolute atomic E-state index is 12.0. The van der Waals surface area contributed by atoms with E-state index in [4.69, 9.17) is 18.7 Å². The van der Waals surface area contributed by atoms with E-state index in [9.17, 15) is 9.59 Å². The Morgan fingerprint density at radius 1 is 1.23 bits per heavy atom.